The van der Waals surface area contributed by atoms with Gasteiger partial charge in [0.15, 0.2) is 5.54 Å². The van der Waals surface area contributed by atoms with Crippen LogP contribution in [0.2, 0.25) is 0 Å². The van der Waals surface area contributed by atoms with Crippen LogP contribution in [0.3, 0.4) is 0 Å². The summed E-state index contributed by atoms with van der Waals surface area (Å²) in [5.74, 6) is 0. The predicted molar refractivity (Wildman–Crippen MR) is 71.8 cm³/mol. The maximum Gasteiger partial charge on any atom is 0.415 e. The van der Waals surface area contributed by atoms with Gasteiger partial charge in [0.2, 0.25) is 0 Å². The van der Waals surface area contributed by atoms with Gasteiger partial charge >= 0.3 is 6.09 Å². The molecule has 1 atom stereocenters. The summed E-state index contributed by atoms with van der Waals surface area (Å²) >= 11 is 0. The number of hydrogen-bond donors (Lipinski definition) is 0. The molecule has 0 aliphatic carbocycles. The number of benzene rings is 1. The molecule has 96 valence electrons. The molecule has 0 fully saturated rings. The van der Waals surface area contributed by atoms with Crippen LogP contribution in [-0.2, 0) is 10.3 Å². The van der Waals surface area contributed by atoms with E-state index in [0.29, 0.717) is 6.42 Å². The molecule has 1 aromatic rings. The third-order valence-corrected chi connectivity index (χ3v) is 3.22. The van der Waals surface area contributed by atoms with Gasteiger partial charge in [-0.05, 0) is 11.6 Å². The van der Waals surface area contributed by atoms with Crippen LogP contribution in [0.1, 0.15) is 17.5 Å². The quantitative estimate of drug-likeness (QED) is 0.762. The molecule has 1 unspecified atom stereocenters. The third-order valence-electron chi connectivity index (χ3n) is 3.22. The van der Waals surface area contributed by atoms with E-state index < -0.39 is 11.6 Å². The summed E-state index contributed by atoms with van der Waals surface area (Å²) < 4.78 is 4.76. The lowest BCUT2D eigenvalue weighted by molar-refractivity contribution is 0.109. The molecule has 1 amide bonds. The molecular formula is C15H14N2O2. The van der Waals surface area contributed by atoms with Crippen molar-refractivity contribution in [3.8, 4) is 6.07 Å². The Hall–Kier alpha value is -2.54. The zero-order valence-corrected chi connectivity index (χ0v) is 10.7. The summed E-state index contributed by atoms with van der Waals surface area (Å²) in [5, 5.41) is 9.65. The largest absolute Gasteiger partial charge is 0.452 e. The summed E-state index contributed by atoms with van der Waals surface area (Å²) in [6.07, 6.45) is 4.79. The lowest BCUT2D eigenvalue weighted by atomic mass is 9.81. The Bertz CT molecular complexity index is 586. The highest BCUT2D eigenvalue weighted by Gasteiger charge is 2.43. The van der Waals surface area contributed by atoms with E-state index in [4.69, 9.17) is 4.74 Å². The van der Waals surface area contributed by atoms with Gasteiger partial charge in [-0.25, -0.2) is 4.79 Å². The summed E-state index contributed by atoms with van der Waals surface area (Å²) in [4.78, 5) is 13.2. The number of nitriles is 1. The minimum Gasteiger partial charge on any atom is -0.452 e. The molecule has 0 aromatic heterocycles. The first-order valence-electron chi connectivity index (χ1n) is 5.86. The summed E-state index contributed by atoms with van der Waals surface area (Å²) in [6, 6.07) is 9.75. The number of amides is 1. The fourth-order valence-electron chi connectivity index (χ4n) is 2.32. The van der Waals surface area contributed by atoms with E-state index in [0.717, 1.165) is 11.1 Å². The van der Waals surface area contributed by atoms with Gasteiger partial charge in [-0.3, -0.25) is 4.90 Å². The number of fused-ring (bicyclic) bond motifs is 1. The second kappa shape index (κ2) is 4.99. The zero-order valence-electron chi connectivity index (χ0n) is 10.7. The maximum absolute atomic E-state index is 11.9. The van der Waals surface area contributed by atoms with E-state index in [1.165, 1.54) is 12.0 Å². The highest BCUT2D eigenvalue weighted by molar-refractivity contribution is 5.76. The van der Waals surface area contributed by atoms with Crippen molar-refractivity contribution in [2.75, 3.05) is 7.11 Å². The van der Waals surface area contributed by atoms with Crippen LogP contribution in [-0.4, -0.2) is 18.1 Å². The van der Waals surface area contributed by atoms with Crippen molar-refractivity contribution in [3.05, 3.63) is 54.2 Å². The molecular weight excluding hydrogens is 240 g/mol. The van der Waals surface area contributed by atoms with Gasteiger partial charge in [-0.2, -0.15) is 5.26 Å². The normalized spacial score (nSPS) is 20.3. The van der Waals surface area contributed by atoms with E-state index in [9.17, 15) is 10.1 Å². The first kappa shape index (κ1) is 12.9. The van der Waals surface area contributed by atoms with Crippen LogP contribution in [0, 0.1) is 11.3 Å². The fraction of sp³-hybridized carbons (Fsp3) is 0.200. The predicted octanol–water partition coefficient (Wildman–Crippen LogP) is 3.03. The lowest BCUT2D eigenvalue weighted by Crippen LogP contribution is -2.47. The molecule has 0 bridgehead atoms. The number of hydrogen-bond acceptors (Lipinski definition) is 3. The molecule has 4 heteroatoms. The Kier molecular flexibility index (Phi) is 3.39. The second-order valence-electron chi connectivity index (χ2n) is 4.21. The molecule has 4 nitrogen and oxygen atoms in total. The minimum absolute atomic E-state index is 0.333. The number of methoxy groups -OCH3 is 1. The van der Waals surface area contributed by atoms with E-state index in [1.807, 2.05) is 24.3 Å². The number of ether oxygens (including phenoxy) is 1. The number of carbonyl (C=O) groups is 1. The molecule has 0 saturated heterocycles. The Morgan fingerprint density at radius 2 is 2.32 bits per heavy atom. The molecule has 2 rings (SSSR count). The molecule has 0 radical (unpaired) electrons. The Labute approximate surface area is 112 Å². The standard InChI is InChI=1S/C15H14N2O2/c1-3-9-15(11-16)13-7-5-4-6-12(13)8-10-17(15)14(18)19-2/h3-8,10H,1,9H2,2H3. The van der Waals surface area contributed by atoms with Gasteiger partial charge in [0.1, 0.15) is 0 Å². The van der Waals surface area contributed by atoms with Gasteiger partial charge in [0, 0.05) is 18.2 Å². The summed E-state index contributed by atoms with van der Waals surface area (Å²) in [7, 11) is 1.30. The van der Waals surface area contributed by atoms with Gasteiger partial charge in [0.05, 0.1) is 13.2 Å². The van der Waals surface area contributed by atoms with Crippen molar-refractivity contribution in [1.82, 2.24) is 4.90 Å². The van der Waals surface area contributed by atoms with E-state index in [1.54, 1.807) is 18.4 Å². The Morgan fingerprint density at radius 1 is 1.58 bits per heavy atom. The number of rotatable bonds is 2. The molecule has 1 aromatic carbocycles. The molecule has 1 heterocycles. The van der Waals surface area contributed by atoms with Crippen LogP contribution in [0.25, 0.3) is 6.08 Å². The Balaban J connectivity index is 2.65. The minimum atomic E-state index is -1.10. The molecule has 0 N–H and O–H groups in total. The van der Waals surface area contributed by atoms with Crippen molar-refractivity contribution in [2.45, 2.75) is 12.0 Å². The maximum atomic E-state index is 11.9. The Morgan fingerprint density at radius 3 is 2.95 bits per heavy atom. The first-order chi connectivity index (χ1) is 9.19. The lowest BCUT2D eigenvalue weighted by Gasteiger charge is -2.38. The molecule has 19 heavy (non-hydrogen) atoms. The van der Waals surface area contributed by atoms with Gasteiger partial charge < -0.3 is 4.74 Å². The molecule has 0 spiro atoms. The van der Waals surface area contributed by atoms with Crippen molar-refractivity contribution in [1.29, 1.82) is 5.26 Å². The monoisotopic (exact) mass is 254 g/mol. The van der Waals surface area contributed by atoms with Crippen molar-refractivity contribution in [2.24, 2.45) is 0 Å². The zero-order chi connectivity index (χ0) is 13.9. The highest BCUT2D eigenvalue weighted by Crippen LogP contribution is 2.39. The van der Waals surface area contributed by atoms with E-state index in [-0.39, 0.29) is 0 Å². The topological polar surface area (TPSA) is 53.3 Å². The third kappa shape index (κ3) is 1.89. The highest BCUT2D eigenvalue weighted by atomic mass is 16.5. The van der Waals surface area contributed by atoms with Crippen LogP contribution in [0.5, 0.6) is 0 Å². The average molecular weight is 254 g/mol. The van der Waals surface area contributed by atoms with Crippen LogP contribution >= 0.6 is 0 Å². The van der Waals surface area contributed by atoms with Crippen molar-refractivity contribution >= 4 is 12.2 Å². The molecule has 0 saturated carbocycles. The number of nitrogens with zero attached hydrogens (tertiary/aromatic N) is 2. The average Bonchev–Trinajstić information content (AvgIpc) is 2.46. The second-order valence-corrected chi connectivity index (χ2v) is 4.21. The fourth-order valence-corrected chi connectivity index (χ4v) is 2.32. The van der Waals surface area contributed by atoms with Crippen LogP contribution in [0.15, 0.2) is 43.1 Å². The molecule has 1 aliphatic rings. The summed E-state index contributed by atoms with van der Waals surface area (Å²) in [6.45, 7) is 3.69. The van der Waals surface area contributed by atoms with Crippen molar-refractivity contribution < 1.29 is 9.53 Å². The van der Waals surface area contributed by atoms with Crippen molar-refractivity contribution in [3.63, 3.8) is 0 Å². The van der Waals surface area contributed by atoms with Crippen LogP contribution in [0.4, 0.5) is 4.79 Å². The van der Waals surface area contributed by atoms with E-state index in [2.05, 4.69) is 12.6 Å². The molecule has 1 aliphatic heterocycles. The van der Waals surface area contributed by atoms with Crippen LogP contribution < -0.4 is 0 Å². The van der Waals surface area contributed by atoms with Gasteiger partial charge in [0.25, 0.3) is 0 Å². The smallest absolute Gasteiger partial charge is 0.415 e. The summed E-state index contributed by atoms with van der Waals surface area (Å²) in [5.41, 5.74) is 0.608. The van der Waals surface area contributed by atoms with Gasteiger partial charge in [-0.15, -0.1) is 6.58 Å². The first-order valence-corrected chi connectivity index (χ1v) is 5.86. The SMILES string of the molecule is C=CCC1(C#N)c2ccccc2C=CN1C(=O)OC. The number of carbonyl (C=O) groups excluding carboxylic acids is 1. The van der Waals surface area contributed by atoms with Gasteiger partial charge in [-0.1, -0.05) is 30.3 Å². The van der Waals surface area contributed by atoms with E-state index >= 15 is 0 Å².